The molecule has 14 aromatic rings. The van der Waals surface area contributed by atoms with Gasteiger partial charge in [-0.05, 0) is 121 Å². The molecule has 6 heteroatoms. The molecule has 72 heavy (non-hydrogen) atoms. The molecule has 4 aromatic heterocycles. The Labute approximate surface area is 414 Å². The number of hydrogen-bond acceptors (Lipinski definition) is 6. The van der Waals surface area contributed by atoms with Gasteiger partial charge in [-0.3, -0.25) is 0 Å². The summed E-state index contributed by atoms with van der Waals surface area (Å²) in [4.78, 5) is 4.52. The second kappa shape index (κ2) is 17.0. The third-order valence-corrected chi connectivity index (χ3v) is 13.7. The Hall–Kier alpha value is -9.78. The van der Waals surface area contributed by atoms with Crippen LogP contribution < -0.4 is 9.80 Å². The molecule has 10 aromatic carbocycles. The Kier molecular flexibility index (Phi) is 9.74. The fourth-order valence-corrected chi connectivity index (χ4v) is 10.3. The van der Waals surface area contributed by atoms with E-state index in [9.17, 15) is 0 Å². The van der Waals surface area contributed by atoms with Crippen LogP contribution in [-0.4, -0.2) is 0 Å². The van der Waals surface area contributed by atoms with Crippen LogP contribution in [0.1, 0.15) is 0 Å². The fraction of sp³-hybridized carbons (Fsp3) is 0. The third kappa shape index (κ3) is 6.96. The van der Waals surface area contributed by atoms with Crippen molar-refractivity contribution in [2.75, 3.05) is 9.80 Å². The van der Waals surface area contributed by atoms with Crippen molar-refractivity contribution >= 4 is 88.8 Å². The Bertz CT molecular complexity index is 3860. The van der Waals surface area contributed by atoms with Gasteiger partial charge in [0.15, 0.2) is 11.2 Å². The van der Waals surface area contributed by atoms with Gasteiger partial charge in [-0.2, -0.15) is 0 Å². The maximum atomic E-state index is 7.20. The van der Waals surface area contributed by atoms with Crippen LogP contribution in [0.2, 0.25) is 0 Å². The molecule has 0 bridgehead atoms. The van der Waals surface area contributed by atoms with Gasteiger partial charge in [0.05, 0.1) is 0 Å². The van der Waals surface area contributed by atoms with Gasteiger partial charge in [0.25, 0.3) is 0 Å². The number of rotatable bonds is 10. The summed E-state index contributed by atoms with van der Waals surface area (Å²) >= 11 is 0. The lowest BCUT2D eigenvalue weighted by Crippen LogP contribution is -2.09. The minimum atomic E-state index is 0.635. The second-order valence-corrected chi connectivity index (χ2v) is 18.0. The largest absolute Gasteiger partial charge is 0.455 e. The molecule has 0 aliphatic rings. The lowest BCUT2D eigenvalue weighted by atomic mass is 9.97. The molecule has 6 nitrogen and oxygen atoms in total. The van der Waals surface area contributed by atoms with Gasteiger partial charge in [-0.1, -0.05) is 133 Å². The number of benzene rings is 10. The average molecular weight is 927 g/mol. The van der Waals surface area contributed by atoms with Gasteiger partial charge in [0, 0.05) is 88.7 Å². The van der Waals surface area contributed by atoms with Crippen molar-refractivity contribution in [3.05, 3.63) is 255 Å². The zero-order valence-corrected chi connectivity index (χ0v) is 38.8. The quantitative estimate of drug-likeness (QED) is 0.136. The summed E-state index contributed by atoms with van der Waals surface area (Å²) in [7, 11) is 0. The number of hydrogen-bond donors (Lipinski definition) is 0. The van der Waals surface area contributed by atoms with E-state index in [0.717, 1.165) is 117 Å². The van der Waals surface area contributed by atoms with Crippen molar-refractivity contribution in [1.29, 1.82) is 0 Å². The maximum Gasteiger partial charge on any atom is 0.178 e. The summed E-state index contributed by atoms with van der Waals surface area (Å²) in [5.74, 6) is 2.94. The molecule has 0 N–H and O–H groups in total. The van der Waals surface area contributed by atoms with Gasteiger partial charge in [-0.25, -0.2) is 0 Å². The smallest absolute Gasteiger partial charge is 0.178 e. The van der Waals surface area contributed by atoms with Crippen molar-refractivity contribution < 1.29 is 17.7 Å². The normalized spacial score (nSPS) is 11.6. The van der Waals surface area contributed by atoms with Crippen LogP contribution >= 0.6 is 0 Å². The van der Waals surface area contributed by atoms with E-state index >= 15 is 0 Å². The molecule has 0 aliphatic heterocycles. The molecule has 0 radical (unpaired) electrons. The summed E-state index contributed by atoms with van der Waals surface area (Å²) in [5, 5.41) is 5.42. The Balaban J connectivity index is 0.982. The molecular weight excluding hydrogens is 885 g/mol. The molecule has 0 aliphatic carbocycles. The molecular formula is C66H42N2O4. The number of anilines is 6. The predicted molar refractivity (Wildman–Crippen MR) is 294 cm³/mol. The molecule has 4 heterocycles. The highest BCUT2D eigenvalue weighted by Crippen LogP contribution is 2.51. The molecule has 0 fully saturated rings. The van der Waals surface area contributed by atoms with E-state index in [2.05, 4.69) is 204 Å². The first-order valence-corrected chi connectivity index (χ1v) is 24.1. The number of fused-ring (bicyclic) bond motifs is 11. The van der Waals surface area contributed by atoms with Crippen molar-refractivity contribution in [2.45, 2.75) is 0 Å². The first kappa shape index (κ1) is 41.2. The first-order valence-electron chi connectivity index (χ1n) is 24.1. The van der Waals surface area contributed by atoms with Gasteiger partial charge in [0.1, 0.15) is 34.2 Å². The van der Waals surface area contributed by atoms with Crippen LogP contribution in [0.3, 0.4) is 0 Å². The van der Waals surface area contributed by atoms with E-state index < -0.39 is 0 Å². The monoisotopic (exact) mass is 926 g/mol. The Morgan fingerprint density at radius 3 is 0.750 bits per heavy atom. The van der Waals surface area contributed by atoms with Crippen molar-refractivity contribution in [3.8, 4) is 45.3 Å². The Morgan fingerprint density at radius 1 is 0.208 bits per heavy atom. The van der Waals surface area contributed by atoms with Crippen LogP contribution in [0.4, 0.5) is 34.1 Å². The van der Waals surface area contributed by atoms with E-state index in [1.54, 1.807) is 0 Å². The van der Waals surface area contributed by atoms with Crippen LogP contribution in [0.25, 0.3) is 99.9 Å². The SMILES string of the molecule is c1ccc(-c2cc3c(o2)c2oc(-c4ccc(N(c5ccccc5)c5ccccc5)cc4)cc2c2c4oc(-c5ccccc5)cc4c4cc(-c5ccc(N(c6ccccc6)c6ccccc6)cc5)oc4c32)cc1. The van der Waals surface area contributed by atoms with E-state index in [4.69, 9.17) is 17.7 Å². The summed E-state index contributed by atoms with van der Waals surface area (Å²) in [6.07, 6.45) is 0. The molecule has 0 spiro atoms. The van der Waals surface area contributed by atoms with Gasteiger partial charge in [0.2, 0.25) is 0 Å². The highest BCUT2D eigenvalue weighted by atomic mass is 16.4. The molecule has 0 unspecified atom stereocenters. The Morgan fingerprint density at radius 2 is 0.444 bits per heavy atom. The summed E-state index contributed by atoms with van der Waals surface area (Å²) in [6, 6.07) is 87.9. The van der Waals surface area contributed by atoms with Crippen molar-refractivity contribution in [3.63, 3.8) is 0 Å². The number of furan rings is 4. The third-order valence-electron chi connectivity index (χ3n) is 13.7. The fourth-order valence-electron chi connectivity index (χ4n) is 10.3. The van der Waals surface area contributed by atoms with E-state index in [0.29, 0.717) is 16.9 Å². The maximum absolute atomic E-state index is 7.20. The summed E-state index contributed by atoms with van der Waals surface area (Å²) in [6.45, 7) is 0. The molecule has 0 saturated carbocycles. The van der Waals surface area contributed by atoms with Crippen LogP contribution in [0.5, 0.6) is 0 Å². The van der Waals surface area contributed by atoms with Crippen LogP contribution in [-0.2, 0) is 0 Å². The number of para-hydroxylation sites is 4. The van der Waals surface area contributed by atoms with E-state index in [1.807, 2.05) is 60.7 Å². The molecule has 14 rings (SSSR count). The number of nitrogens with zero attached hydrogens (tertiary/aromatic N) is 2. The predicted octanol–water partition coefficient (Wildman–Crippen LogP) is 19.4. The second-order valence-electron chi connectivity index (χ2n) is 18.0. The minimum absolute atomic E-state index is 0.635. The van der Waals surface area contributed by atoms with Crippen molar-refractivity contribution in [2.24, 2.45) is 0 Å². The van der Waals surface area contributed by atoms with Gasteiger partial charge >= 0.3 is 0 Å². The topological polar surface area (TPSA) is 59.0 Å². The van der Waals surface area contributed by atoms with Gasteiger partial charge in [-0.15, -0.1) is 0 Å². The highest BCUT2D eigenvalue weighted by molar-refractivity contribution is 6.37. The molecule has 0 saturated heterocycles. The van der Waals surface area contributed by atoms with Gasteiger partial charge < -0.3 is 27.5 Å². The zero-order valence-electron chi connectivity index (χ0n) is 38.8. The molecule has 0 amide bonds. The lowest BCUT2D eigenvalue weighted by Gasteiger charge is -2.25. The zero-order chi connectivity index (χ0) is 47.5. The molecule has 340 valence electrons. The van der Waals surface area contributed by atoms with E-state index in [1.165, 1.54) is 0 Å². The standard InChI is InChI=1S/C66H42N2O4/c1-7-19-43(20-8-1)57-39-53-54-40-58(45-31-35-51(36-32-45)67(47-23-11-3-12-24-47)48-25-13-4-14-26-48)70-64(54)61-55-41-59(44-21-9-2-10-22-44)71-65(55)66-56(62(61)63(53)69-57)42-60(72-66)46-33-37-52(38-34-46)68(49-27-15-5-16-28-49)50-29-17-6-18-30-50/h1-42H. The lowest BCUT2D eigenvalue weighted by molar-refractivity contribution is 0.598. The molecule has 0 atom stereocenters. The van der Waals surface area contributed by atoms with Crippen molar-refractivity contribution in [1.82, 2.24) is 0 Å². The van der Waals surface area contributed by atoms with Crippen LogP contribution in [0.15, 0.2) is 272 Å². The summed E-state index contributed by atoms with van der Waals surface area (Å²) < 4.78 is 28.2. The summed E-state index contributed by atoms with van der Waals surface area (Å²) in [5.41, 5.74) is 12.9. The average Bonchev–Trinajstić information content (AvgIpc) is 4.29. The minimum Gasteiger partial charge on any atom is -0.455 e. The first-order chi connectivity index (χ1) is 35.7. The van der Waals surface area contributed by atoms with Crippen LogP contribution in [0, 0.1) is 0 Å². The highest BCUT2D eigenvalue weighted by Gasteiger charge is 2.28. The van der Waals surface area contributed by atoms with E-state index in [-0.39, 0.29) is 0 Å².